The maximum absolute atomic E-state index is 5.35. The first-order chi connectivity index (χ1) is 4.72. The minimum atomic E-state index is 0.419. The number of aliphatic imine (C=N–C) groups is 1. The van der Waals surface area contributed by atoms with E-state index in [0.29, 0.717) is 5.17 Å². The zero-order chi connectivity index (χ0) is 8.41. The highest BCUT2D eigenvalue weighted by Gasteiger charge is 1.75. The Balaban J connectivity index is 0. The summed E-state index contributed by atoms with van der Waals surface area (Å²) in [4.78, 5) is 3.59. The van der Waals surface area contributed by atoms with Gasteiger partial charge < -0.3 is 5.73 Å². The van der Waals surface area contributed by atoms with Gasteiger partial charge in [0.15, 0.2) is 0 Å². The normalized spacial score (nSPS) is 11.0. The summed E-state index contributed by atoms with van der Waals surface area (Å²) in [6.07, 6.45) is 6.94. The quantitative estimate of drug-likeness (QED) is 0.624. The summed E-state index contributed by atoms with van der Waals surface area (Å²) in [7, 11) is 1.60. The second-order valence-electron chi connectivity index (χ2n) is 1.31. The van der Waals surface area contributed by atoms with Crippen molar-refractivity contribution in [2.45, 2.75) is 0 Å². The van der Waals surface area contributed by atoms with Gasteiger partial charge in [-0.3, -0.25) is 4.99 Å². The van der Waals surface area contributed by atoms with Gasteiger partial charge in [-0.05, 0) is 24.8 Å². The number of rotatable bonds is 1. The van der Waals surface area contributed by atoms with Crippen LogP contribution < -0.4 is 5.73 Å². The molecule has 4 heteroatoms. The second-order valence-corrected chi connectivity index (χ2v) is 2.52. The maximum Gasteiger partial charge on any atom is 0.124 e. The number of nitrogens with zero attached hydrogens (tertiary/aromatic N) is 1. The van der Waals surface area contributed by atoms with Crippen molar-refractivity contribution in [2.75, 3.05) is 19.6 Å². The van der Waals surface area contributed by atoms with E-state index in [9.17, 15) is 0 Å². The van der Waals surface area contributed by atoms with Crippen molar-refractivity contribution in [2.24, 2.45) is 10.7 Å². The van der Waals surface area contributed by atoms with Gasteiger partial charge in [0.1, 0.15) is 5.17 Å². The molecule has 0 bridgehead atoms. The summed E-state index contributed by atoms with van der Waals surface area (Å²) < 4.78 is 0. The average Bonchev–Trinajstić information content (AvgIpc) is 1.90. The van der Waals surface area contributed by atoms with Gasteiger partial charge in [0.2, 0.25) is 0 Å². The van der Waals surface area contributed by atoms with Crippen molar-refractivity contribution in [3.63, 3.8) is 0 Å². The Morgan fingerprint density at radius 3 is 2.10 bits per heavy atom. The molecule has 0 fully saturated rings. The van der Waals surface area contributed by atoms with Crippen molar-refractivity contribution in [1.29, 1.82) is 0 Å². The van der Waals surface area contributed by atoms with Crippen molar-refractivity contribution in [3.05, 3.63) is 12.3 Å². The monoisotopic (exact) mass is 180 g/mol. The van der Waals surface area contributed by atoms with E-state index in [1.165, 1.54) is 12.3 Å². The lowest BCUT2D eigenvalue weighted by Crippen LogP contribution is -1.82. The molecule has 0 rings (SSSR count). The molecule has 10 heavy (non-hydrogen) atoms. The molecule has 2 N–H and O–H groups in total. The Labute approximate surface area is 71.5 Å². The summed E-state index contributed by atoms with van der Waals surface area (Å²) in [5, 5.41) is 0.419. The highest BCUT2D eigenvalue weighted by atomic mass is 35.5. The molecule has 0 heterocycles. The molecule has 0 spiro atoms. The molecule has 2 nitrogen and oxygen atoms in total. The zero-order valence-corrected chi connectivity index (χ0v) is 8.04. The van der Waals surface area contributed by atoms with Gasteiger partial charge in [-0.25, -0.2) is 0 Å². The van der Waals surface area contributed by atoms with Gasteiger partial charge in [-0.15, -0.1) is 0 Å². The van der Waals surface area contributed by atoms with Crippen LogP contribution in [0.5, 0.6) is 0 Å². The Kier molecular flexibility index (Phi) is 14.6. The lowest BCUT2D eigenvalue weighted by Gasteiger charge is -1.77. The Hall–Kier alpha value is -0.150. The third kappa shape index (κ3) is 15.7. The number of nitrogens with two attached hydrogens (primary N) is 1. The molecule has 0 aromatic heterocycles. The average molecular weight is 181 g/mol. The fourth-order valence-electron chi connectivity index (χ4n) is 0.154. The molecule has 0 radical (unpaired) electrons. The highest BCUT2D eigenvalue weighted by Crippen LogP contribution is 1.82. The fourth-order valence-corrected chi connectivity index (χ4v) is 0.227. The minimum Gasteiger partial charge on any atom is -0.405 e. The molecule has 0 aliphatic rings. The van der Waals surface area contributed by atoms with Crippen LogP contribution in [0.15, 0.2) is 17.3 Å². The predicted molar refractivity (Wildman–Crippen MR) is 52.0 cm³/mol. The van der Waals surface area contributed by atoms with Crippen molar-refractivity contribution in [3.8, 4) is 0 Å². The summed E-state index contributed by atoms with van der Waals surface area (Å²) in [5.74, 6) is 0. The maximum atomic E-state index is 5.35. The molecular weight excluding hydrogens is 168 g/mol. The Morgan fingerprint density at radius 1 is 1.60 bits per heavy atom. The lowest BCUT2D eigenvalue weighted by molar-refractivity contribution is 1.46. The SMILES string of the molecule is CN=C(Cl)/C=C\N.CSC. The first-order valence-corrected chi connectivity index (χ1v) is 4.64. The van der Waals surface area contributed by atoms with E-state index in [2.05, 4.69) is 4.99 Å². The van der Waals surface area contributed by atoms with E-state index < -0.39 is 0 Å². The summed E-state index contributed by atoms with van der Waals surface area (Å²) >= 11 is 7.10. The van der Waals surface area contributed by atoms with Crippen molar-refractivity contribution < 1.29 is 0 Å². The van der Waals surface area contributed by atoms with Gasteiger partial charge in [0.25, 0.3) is 0 Å². The fraction of sp³-hybridized carbons (Fsp3) is 0.500. The zero-order valence-electron chi connectivity index (χ0n) is 6.47. The van der Waals surface area contributed by atoms with Gasteiger partial charge >= 0.3 is 0 Å². The van der Waals surface area contributed by atoms with Crippen molar-refractivity contribution in [1.82, 2.24) is 0 Å². The van der Waals surface area contributed by atoms with E-state index in [-0.39, 0.29) is 0 Å². The number of hydrogen-bond donors (Lipinski definition) is 1. The number of hydrogen-bond acceptors (Lipinski definition) is 3. The Bertz CT molecular complexity index is 112. The van der Waals surface area contributed by atoms with Crippen LogP contribution in [0.3, 0.4) is 0 Å². The third-order valence-electron chi connectivity index (χ3n) is 0.447. The van der Waals surface area contributed by atoms with Gasteiger partial charge in [-0.1, -0.05) is 11.6 Å². The summed E-state index contributed by atoms with van der Waals surface area (Å²) in [5.41, 5.74) is 4.96. The molecule has 0 atom stereocenters. The van der Waals surface area contributed by atoms with Crippen LogP contribution in [0.2, 0.25) is 0 Å². The van der Waals surface area contributed by atoms with E-state index in [1.54, 1.807) is 18.8 Å². The van der Waals surface area contributed by atoms with Crippen LogP contribution in [-0.4, -0.2) is 24.7 Å². The molecule has 60 valence electrons. The van der Waals surface area contributed by atoms with Crippen LogP contribution in [0.25, 0.3) is 0 Å². The topological polar surface area (TPSA) is 38.4 Å². The van der Waals surface area contributed by atoms with Gasteiger partial charge in [0.05, 0.1) is 0 Å². The number of halogens is 1. The minimum absolute atomic E-state index is 0.419. The van der Waals surface area contributed by atoms with Crippen molar-refractivity contribution >= 4 is 28.5 Å². The molecular formula is C6H13ClN2S. The number of allylic oxidation sites excluding steroid dienone is 1. The molecule has 0 saturated heterocycles. The number of thioether (sulfide) groups is 1. The predicted octanol–water partition coefficient (Wildman–Crippen LogP) is 1.71. The third-order valence-corrected chi connectivity index (χ3v) is 0.742. The van der Waals surface area contributed by atoms with Crippen LogP contribution in [0.4, 0.5) is 0 Å². The molecule has 0 saturated carbocycles. The highest BCUT2D eigenvalue weighted by molar-refractivity contribution is 7.97. The van der Waals surface area contributed by atoms with E-state index >= 15 is 0 Å². The first-order valence-electron chi connectivity index (χ1n) is 2.63. The smallest absolute Gasteiger partial charge is 0.124 e. The molecule has 0 aromatic rings. The molecule has 0 unspecified atom stereocenters. The second kappa shape index (κ2) is 11.6. The first kappa shape index (κ1) is 12.5. The largest absolute Gasteiger partial charge is 0.405 e. The standard InChI is InChI=1S/C4H7ClN2.C2H6S/c1-7-4(5)2-3-6;1-3-2/h2-3H,6H2,1H3;1-2H3/b3-2-,7-4?;. The van der Waals surface area contributed by atoms with Gasteiger partial charge in [0, 0.05) is 7.05 Å². The van der Waals surface area contributed by atoms with E-state index in [4.69, 9.17) is 17.3 Å². The molecule has 0 aromatic carbocycles. The van der Waals surface area contributed by atoms with E-state index in [1.807, 2.05) is 12.5 Å². The van der Waals surface area contributed by atoms with Crippen LogP contribution in [-0.2, 0) is 0 Å². The van der Waals surface area contributed by atoms with Crippen LogP contribution in [0.1, 0.15) is 0 Å². The summed E-state index contributed by atoms with van der Waals surface area (Å²) in [6.45, 7) is 0. The molecule has 0 aliphatic carbocycles. The van der Waals surface area contributed by atoms with E-state index in [0.717, 1.165) is 0 Å². The molecule has 0 amide bonds. The van der Waals surface area contributed by atoms with Crippen LogP contribution >= 0.6 is 23.4 Å². The summed E-state index contributed by atoms with van der Waals surface area (Å²) in [6, 6.07) is 0. The van der Waals surface area contributed by atoms with Gasteiger partial charge in [-0.2, -0.15) is 11.8 Å². The Morgan fingerprint density at radius 2 is 2.00 bits per heavy atom. The lowest BCUT2D eigenvalue weighted by atomic mass is 10.7. The molecule has 0 aliphatic heterocycles. The van der Waals surface area contributed by atoms with Crippen LogP contribution in [0, 0.1) is 0 Å².